The average molecular weight is 314 g/mol. The van der Waals surface area contributed by atoms with Gasteiger partial charge in [-0.1, -0.05) is 18.9 Å². The molecule has 1 amide bonds. The predicted octanol–water partition coefficient (Wildman–Crippen LogP) is 2.72. The van der Waals surface area contributed by atoms with E-state index in [4.69, 9.17) is 0 Å². The Morgan fingerprint density at radius 3 is 2.78 bits per heavy atom. The summed E-state index contributed by atoms with van der Waals surface area (Å²) in [4.78, 5) is 14.8. The quantitative estimate of drug-likeness (QED) is 0.923. The van der Waals surface area contributed by atoms with E-state index in [1.54, 1.807) is 4.52 Å². The maximum Gasteiger partial charge on any atom is 0.271 e. The summed E-state index contributed by atoms with van der Waals surface area (Å²) in [7, 11) is 0. The fourth-order valence-corrected chi connectivity index (χ4v) is 3.25. The van der Waals surface area contributed by atoms with Gasteiger partial charge in [0.25, 0.3) is 5.91 Å². The summed E-state index contributed by atoms with van der Waals surface area (Å²) in [5.41, 5.74) is 1.43. The number of hydrogen-bond acceptors (Lipinski definition) is 3. The normalized spacial score (nSPS) is 17.8. The minimum Gasteiger partial charge on any atom is -0.351 e. The molecule has 0 spiro atoms. The van der Waals surface area contributed by atoms with Gasteiger partial charge < -0.3 is 10.2 Å². The largest absolute Gasteiger partial charge is 0.351 e. The monoisotopic (exact) mass is 314 g/mol. The highest BCUT2D eigenvalue weighted by Crippen LogP contribution is 2.14. The second-order valence-corrected chi connectivity index (χ2v) is 6.44. The molecule has 0 aliphatic carbocycles. The standard InChI is InChI=1S/C18H26N4O/c1-15(21-11-5-2-3-6-12-21)9-10-19-18(23)17-14-16-8-4-7-13-22(16)20-17/h4,7-8,13-15H,2-3,5-6,9-12H2,1H3,(H,19,23). The van der Waals surface area contributed by atoms with E-state index in [2.05, 4.69) is 22.2 Å². The first-order valence-corrected chi connectivity index (χ1v) is 8.71. The Morgan fingerprint density at radius 1 is 1.26 bits per heavy atom. The van der Waals surface area contributed by atoms with E-state index in [1.807, 2.05) is 30.5 Å². The molecule has 1 atom stereocenters. The van der Waals surface area contributed by atoms with Crippen molar-refractivity contribution in [1.82, 2.24) is 19.8 Å². The maximum absolute atomic E-state index is 12.2. The predicted molar refractivity (Wildman–Crippen MR) is 91.6 cm³/mol. The summed E-state index contributed by atoms with van der Waals surface area (Å²) >= 11 is 0. The summed E-state index contributed by atoms with van der Waals surface area (Å²) in [5.74, 6) is -0.0863. The second kappa shape index (κ2) is 7.59. The van der Waals surface area contributed by atoms with Crippen molar-refractivity contribution in [3.05, 3.63) is 36.2 Å². The third-order valence-corrected chi connectivity index (χ3v) is 4.71. The molecule has 1 aliphatic rings. The zero-order chi connectivity index (χ0) is 16.1. The number of likely N-dealkylation sites (tertiary alicyclic amines) is 1. The van der Waals surface area contributed by atoms with E-state index in [9.17, 15) is 4.79 Å². The van der Waals surface area contributed by atoms with Crippen LogP contribution in [0.15, 0.2) is 30.5 Å². The van der Waals surface area contributed by atoms with Crippen molar-refractivity contribution in [3.63, 3.8) is 0 Å². The van der Waals surface area contributed by atoms with E-state index >= 15 is 0 Å². The molecule has 1 aliphatic heterocycles. The molecule has 2 aromatic rings. The Morgan fingerprint density at radius 2 is 2.04 bits per heavy atom. The zero-order valence-corrected chi connectivity index (χ0v) is 13.9. The Bertz CT molecular complexity index is 610. The van der Waals surface area contributed by atoms with Gasteiger partial charge >= 0.3 is 0 Å². The number of pyridine rings is 1. The molecule has 3 rings (SSSR count). The van der Waals surface area contributed by atoms with Crippen LogP contribution < -0.4 is 5.32 Å². The SMILES string of the molecule is CC(CCNC(=O)c1cc2ccccn2n1)N1CCCCCC1. The molecule has 1 fully saturated rings. The molecular formula is C18H26N4O. The molecule has 5 nitrogen and oxygen atoms in total. The number of nitrogens with zero attached hydrogens (tertiary/aromatic N) is 3. The van der Waals surface area contributed by atoms with E-state index in [-0.39, 0.29) is 5.91 Å². The van der Waals surface area contributed by atoms with E-state index in [1.165, 1.54) is 38.8 Å². The lowest BCUT2D eigenvalue weighted by atomic mass is 10.2. The van der Waals surface area contributed by atoms with Gasteiger partial charge in [0.2, 0.25) is 0 Å². The fourth-order valence-electron chi connectivity index (χ4n) is 3.25. The molecular weight excluding hydrogens is 288 g/mol. The average Bonchev–Trinajstić information content (AvgIpc) is 2.81. The summed E-state index contributed by atoms with van der Waals surface area (Å²) in [6, 6.07) is 8.15. The van der Waals surface area contributed by atoms with Crippen molar-refractivity contribution in [2.24, 2.45) is 0 Å². The smallest absolute Gasteiger partial charge is 0.271 e. The minimum absolute atomic E-state index is 0.0863. The second-order valence-electron chi connectivity index (χ2n) is 6.44. The number of nitrogens with one attached hydrogen (secondary N) is 1. The van der Waals surface area contributed by atoms with Crippen molar-refractivity contribution in [2.75, 3.05) is 19.6 Å². The molecule has 0 bridgehead atoms. The van der Waals surface area contributed by atoms with Gasteiger partial charge in [0.05, 0.1) is 5.52 Å². The number of carbonyl (C=O) groups is 1. The van der Waals surface area contributed by atoms with Crippen LogP contribution in [0.2, 0.25) is 0 Å². The molecule has 3 heterocycles. The molecule has 2 aromatic heterocycles. The van der Waals surface area contributed by atoms with Gasteiger partial charge in [-0.15, -0.1) is 0 Å². The molecule has 5 heteroatoms. The summed E-state index contributed by atoms with van der Waals surface area (Å²) < 4.78 is 1.73. The fraction of sp³-hybridized carbons (Fsp3) is 0.556. The van der Waals surface area contributed by atoms with Crippen LogP contribution in [0, 0.1) is 0 Å². The van der Waals surface area contributed by atoms with Crippen molar-refractivity contribution < 1.29 is 4.79 Å². The highest BCUT2D eigenvalue weighted by Gasteiger charge is 2.16. The van der Waals surface area contributed by atoms with Gasteiger partial charge in [0.15, 0.2) is 5.69 Å². The summed E-state index contributed by atoms with van der Waals surface area (Å²) in [5, 5.41) is 7.31. The lowest BCUT2D eigenvalue weighted by molar-refractivity contribution is 0.0943. The first kappa shape index (κ1) is 16.0. The number of aromatic nitrogens is 2. The minimum atomic E-state index is -0.0863. The molecule has 1 N–H and O–H groups in total. The number of rotatable bonds is 5. The molecule has 124 valence electrons. The molecule has 1 saturated heterocycles. The van der Waals surface area contributed by atoms with Crippen LogP contribution in [0.4, 0.5) is 0 Å². The lowest BCUT2D eigenvalue weighted by Gasteiger charge is -2.27. The highest BCUT2D eigenvalue weighted by atomic mass is 16.1. The van der Waals surface area contributed by atoms with Crippen molar-refractivity contribution in [1.29, 1.82) is 0 Å². The van der Waals surface area contributed by atoms with Crippen molar-refractivity contribution in [3.8, 4) is 0 Å². The molecule has 23 heavy (non-hydrogen) atoms. The Kier molecular flexibility index (Phi) is 5.28. The van der Waals surface area contributed by atoms with Crippen LogP contribution in [0.1, 0.15) is 49.5 Å². The van der Waals surface area contributed by atoms with Crippen LogP contribution in [0.25, 0.3) is 5.52 Å². The van der Waals surface area contributed by atoms with E-state index in [0.29, 0.717) is 18.3 Å². The highest BCUT2D eigenvalue weighted by molar-refractivity contribution is 5.93. The summed E-state index contributed by atoms with van der Waals surface area (Å²) in [6.45, 7) is 5.36. The molecule has 0 saturated carbocycles. The van der Waals surface area contributed by atoms with Crippen LogP contribution in [-0.4, -0.2) is 46.1 Å². The van der Waals surface area contributed by atoms with Gasteiger partial charge in [-0.2, -0.15) is 5.10 Å². The number of hydrogen-bond donors (Lipinski definition) is 1. The maximum atomic E-state index is 12.2. The van der Waals surface area contributed by atoms with E-state index in [0.717, 1.165) is 11.9 Å². The van der Waals surface area contributed by atoms with Gasteiger partial charge in [-0.05, 0) is 57.5 Å². The first-order valence-electron chi connectivity index (χ1n) is 8.71. The molecule has 1 unspecified atom stereocenters. The number of amides is 1. The third-order valence-electron chi connectivity index (χ3n) is 4.71. The van der Waals surface area contributed by atoms with Gasteiger partial charge in [0, 0.05) is 18.8 Å². The zero-order valence-electron chi connectivity index (χ0n) is 13.9. The Hall–Kier alpha value is -1.88. The molecule has 0 aromatic carbocycles. The van der Waals surface area contributed by atoms with Crippen LogP contribution in [0.5, 0.6) is 0 Å². The van der Waals surface area contributed by atoms with Gasteiger partial charge in [-0.25, -0.2) is 4.52 Å². The summed E-state index contributed by atoms with van der Waals surface area (Å²) in [6.07, 6.45) is 8.16. The topological polar surface area (TPSA) is 49.6 Å². The Labute approximate surface area is 137 Å². The van der Waals surface area contributed by atoms with Crippen molar-refractivity contribution in [2.45, 2.75) is 45.1 Å². The first-order chi connectivity index (χ1) is 11.2. The van der Waals surface area contributed by atoms with Gasteiger partial charge in [-0.3, -0.25) is 4.79 Å². The lowest BCUT2D eigenvalue weighted by Crippen LogP contribution is -2.37. The van der Waals surface area contributed by atoms with Crippen LogP contribution in [0.3, 0.4) is 0 Å². The number of fused-ring (bicyclic) bond motifs is 1. The molecule has 0 radical (unpaired) electrons. The van der Waals surface area contributed by atoms with Crippen molar-refractivity contribution >= 4 is 11.4 Å². The van der Waals surface area contributed by atoms with E-state index < -0.39 is 0 Å². The van der Waals surface area contributed by atoms with Crippen LogP contribution >= 0.6 is 0 Å². The Balaban J connectivity index is 1.48. The van der Waals surface area contributed by atoms with Gasteiger partial charge in [0.1, 0.15) is 0 Å². The van der Waals surface area contributed by atoms with Crippen LogP contribution in [-0.2, 0) is 0 Å². The number of carbonyl (C=O) groups excluding carboxylic acids is 1. The third kappa shape index (κ3) is 4.10.